The molecule has 0 amide bonds. The van der Waals surface area contributed by atoms with Gasteiger partial charge >= 0.3 is 0 Å². The van der Waals surface area contributed by atoms with E-state index >= 15 is 0 Å². The van der Waals surface area contributed by atoms with Crippen molar-refractivity contribution < 1.29 is 9.13 Å². The third kappa shape index (κ3) is 5.94. The normalized spacial score (nSPS) is 12.9. The summed E-state index contributed by atoms with van der Waals surface area (Å²) < 4.78 is 18.5. The molecule has 0 radical (unpaired) electrons. The molecule has 1 heterocycles. The fraction of sp³-hybridized carbons (Fsp3) is 0.389. The van der Waals surface area contributed by atoms with E-state index in [0.29, 0.717) is 6.54 Å². The molecule has 24 heavy (non-hydrogen) atoms. The number of nitrogens with one attached hydrogen (secondary N) is 2. The molecule has 6 heteroatoms. The Morgan fingerprint density at radius 1 is 1.25 bits per heavy atom. The number of guanidine groups is 1. The van der Waals surface area contributed by atoms with Gasteiger partial charge in [-0.3, -0.25) is 4.99 Å². The molecule has 0 aliphatic carbocycles. The Kier molecular flexibility index (Phi) is 7.71. The largest absolute Gasteiger partial charge is 0.375 e. The summed E-state index contributed by atoms with van der Waals surface area (Å²) in [5.41, 5.74) is 0.914. The molecule has 0 saturated carbocycles. The number of hydrogen-bond donors (Lipinski definition) is 2. The lowest BCUT2D eigenvalue weighted by Gasteiger charge is -2.16. The Labute approximate surface area is 146 Å². The second-order valence-corrected chi connectivity index (χ2v) is 6.28. The second-order valence-electron chi connectivity index (χ2n) is 5.25. The molecular weight excluding hydrogens is 325 g/mol. The maximum Gasteiger partial charge on any atom is 0.191 e. The molecule has 0 bridgehead atoms. The van der Waals surface area contributed by atoms with Gasteiger partial charge in [0.1, 0.15) is 11.9 Å². The van der Waals surface area contributed by atoms with Crippen molar-refractivity contribution in [1.82, 2.24) is 10.6 Å². The van der Waals surface area contributed by atoms with E-state index in [2.05, 4.69) is 33.1 Å². The van der Waals surface area contributed by atoms with Gasteiger partial charge in [0.2, 0.25) is 0 Å². The Balaban J connectivity index is 1.91. The molecule has 0 fully saturated rings. The van der Waals surface area contributed by atoms with E-state index in [1.54, 1.807) is 30.6 Å². The van der Waals surface area contributed by atoms with Gasteiger partial charge in [0, 0.05) is 25.1 Å². The first-order chi connectivity index (χ1) is 11.7. The predicted molar refractivity (Wildman–Crippen MR) is 98.2 cm³/mol. The number of ether oxygens (including phenoxy) is 1. The van der Waals surface area contributed by atoms with Gasteiger partial charge in [-0.25, -0.2) is 4.39 Å². The number of aliphatic imine (C=N–C) groups is 1. The van der Waals surface area contributed by atoms with Gasteiger partial charge in [0.15, 0.2) is 5.96 Å². The highest BCUT2D eigenvalue weighted by atomic mass is 32.1. The van der Waals surface area contributed by atoms with Gasteiger partial charge in [-0.15, -0.1) is 11.3 Å². The molecule has 0 saturated heterocycles. The smallest absolute Gasteiger partial charge is 0.191 e. The average molecular weight is 349 g/mol. The zero-order valence-electron chi connectivity index (χ0n) is 14.1. The molecule has 130 valence electrons. The minimum atomic E-state index is -0.249. The molecule has 4 nitrogen and oxygen atoms in total. The van der Waals surface area contributed by atoms with Crippen molar-refractivity contribution in [3.05, 3.63) is 58.0 Å². The first kappa shape index (κ1) is 18.4. The maximum absolute atomic E-state index is 13.0. The number of thiophene rings is 1. The highest BCUT2D eigenvalue weighted by Crippen LogP contribution is 2.17. The van der Waals surface area contributed by atoms with E-state index in [4.69, 9.17) is 4.74 Å². The zero-order valence-corrected chi connectivity index (χ0v) is 14.9. The Morgan fingerprint density at radius 2 is 2.04 bits per heavy atom. The first-order valence-electron chi connectivity index (χ1n) is 8.05. The SMILES string of the molecule is CCNC(=NCC(OC)c1ccc(F)cc1)NCCc1cccs1. The van der Waals surface area contributed by atoms with E-state index < -0.39 is 0 Å². The summed E-state index contributed by atoms with van der Waals surface area (Å²) in [5, 5.41) is 8.64. The van der Waals surface area contributed by atoms with E-state index in [1.807, 2.05) is 6.92 Å². The van der Waals surface area contributed by atoms with Gasteiger partial charge in [-0.2, -0.15) is 0 Å². The molecule has 1 atom stereocenters. The minimum absolute atomic E-state index is 0.196. The zero-order chi connectivity index (χ0) is 17.2. The van der Waals surface area contributed by atoms with Crippen LogP contribution >= 0.6 is 11.3 Å². The number of halogens is 1. The lowest BCUT2D eigenvalue weighted by Crippen LogP contribution is -2.38. The number of methoxy groups -OCH3 is 1. The molecule has 1 aromatic heterocycles. The van der Waals surface area contributed by atoms with Crippen molar-refractivity contribution in [3.8, 4) is 0 Å². The third-order valence-electron chi connectivity index (χ3n) is 3.53. The van der Waals surface area contributed by atoms with Crippen molar-refractivity contribution in [1.29, 1.82) is 0 Å². The topological polar surface area (TPSA) is 45.7 Å². The monoisotopic (exact) mass is 349 g/mol. The van der Waals surface area contributed by atoms with Crippen LogP contribution in [0.15, 0.2) is 46.8 Å². The number of nitrogens with zero attached hydrogens (tertiary/aromatic N) is 1. The van der Waals surface area contributed by atoms with Crippen molar-refractivity contribution in [2.45, 2.75) is 19.4 Å². The van der Waals surface area contributed by atoms with E-state index in [9.17, 15) is 4.39 Å². The van der Waals surface area contributed by atoms with E-state index in [1.165, 1.54) is 17.0 Å². The third-order valence-corrected chi connectivity index (χ3v) is 4.47. The number of hydrogen-bond acceptors (Lipinski definition) is 3. The summed E-state index contributed by atoms with van der Waals surface area (Å²) >= 11 is 1.76. The molecular formula is C18H24FN3OS. The average Bonchev–Trinajstić information content (AvgIpc) is 3.10. The Morgan fingerprint density at radius 3 is 2.67 bits per heavy atom. The lowest BCUT2D eigenvalue weighted by molar-refractivity contribution is 0.111. The van der Waals surface area contributed by atoms with Crippen LogP contribution in [0.5, 0.6) is 0 Å². The summed E-state index contributed by atoms with van der Waals surface area (Å²) in [4.78, 5) is 5.93. The van der Waals surface area contributed by atoms with Crippen LogP contribution in [0.1, 0.15) is 23.5 Å². The van der Waals surface area contributed by atoms with Gasteiger partial charge < -0.3 is 15.4 Å². The van der Waals surface area contributed by atoms with Crippen LogP contribution in [0.4, 0.5) is 4.39 Å². The van der Waals surface area contributed by atoms with Crippen molar-refractivity contribution in [2.75, 3.05) is 26.7 Å². The van der Waals surface area contributed by atoms with Crippen molar-refractivity contribution in [3.63, 3.8) is 0 Å². The molecule has 0 aliphatic rings. The number of rotatable bonds is 8. The maximum atomic E-state index is 13.0. The molecule has 2 rings (SSSR count). The summed E-state index contributed by atoms with van der Waals surface area (Å²) in [7, 11) is 1.64. The van der Waals surface area contributed by atoms with Crippen LogP contribution in [-0.2, 0) is 11.2 Å². The highest BCUT2D eigenvalue weighted by Gasteiger charge is 2.10. The first-order valence-corrected chi connectivity index (χ1v) is 8.93. The quantitative estimate of drug-likeness (QED) is 0.567. The van der Waals surface area contributed by atoms with Gasteiger partial charge in [-0.1, -0.05) is 18.2 Å². The minimum Gasteiger partial charge on any atom is -0.375 e. The van der Waals surface area contributed by atoms with Crippen LogP contribution in [0.2, 0.25) is 0 Å². The van der Waals surface area contributed by atoms with Crippen LogP contribution in [0.3, 0.4) is 0 Å². The van der Waals surface area contributed by atoms with Crippen LogP contribution in [0.25, 0.3) is 0 Å². The molecule has 1 aromatic carbocycles. The molecule has 0 spiro atoms. The predicted octanol–water partition coefficient (Wildman–Crippen LogP) is 3.37. The number of benzene rings is 1. The summed E-state index contributed by atoms with van der Waals surface area (Å²) in [6, 6.07) is 10.5. The van der Waals surface area contributed by atoms with Crippen LogP contribution in [-0.4, -0.2) is 32.7 Å². The van der Waals surface area contributed by atoms with Crippen LogP contribution in [0, 0.1) is 5.82 Å². The summed E-state index contributed by atoms with van der Waals surface area (Å²) in [5.74, 6) is 0.513. The fourth-order valence-corrected chi connectivity index (χ4v) is 2.98. The molecule has 1 unspecified atom stereocenters. The Bertz CT molecular complexity index is 614. The molecule has 0 aliphatic heterocycles. The van der Waals surface area contributed by atoms with Gasteiger partial charge in [0.05, 0.1) is 6.54 Å². The van der Waals surface area contributed by atoms with Crippen molar-refractivity contribution >= 4 is 17.3 Å². The molecule has 2 N–H and O–H groups in total. The van der Waals surface area contributed by atoms with Crippen molar-refractivity contribution in [2.24, 2.45) is 4.99 Å². The lowest BCUT2D eigenvalue weighted by atomic mass is 10.1. The van der Waals surface area contributed by atoms with E-state index in [-0.39, 0.29) is 11.9 Å². The van der Waals surface area contributed by atoms with E-state index in [0.717, 1.165) is 31.0 Å². The summed E-state index contributed by atoms with van der Waals surface area (Å²) in [6.07, 6.45) is 0.770. The Hall–Kier alpha value is -1.92. The highest BCUT2D eigenvalue weighted by molar-refractivity contribution is 7.09. The fourth-order valence-electron chi connectivity index (χ4n) is 2.27. The molecule has 2 aromatic rings. The van der Waals surface area contributed by atoms with Crippen LogP contribution < -0.4 is 10.6 Å². The second kappa shape index (κ2) is 10.1. The van der Waals surface area contributed by atoms with Gasteiger partial charge in [0.25, 0.3) is 0 Å². The summed E-state index contributed by atoms with van der Waals surface area (Å²) in [6.45, 7) is 4.11. The van der Waals surface area contributed by atoms with Gasteiger partial charge in [-0.05, 0) is 42.5 Å². The standard InChI is InChI=1S/C18H24FN3OS/c1-3-20-18(21-11-10-16-5-4-12-24-16)22-13-17(23-2)14-6-8-15(19)9-7-14/h4-9,12,17H,3,10-11,13H2,1-2H3,(H2,20,21,22).